The van der Waals surface area contributed by atoms with Gasteiger partial charge in [-0.05, 0) is 41.8 Å². The summed E-state index contributed by atoms with van der Waals surface area (Å²) in [6.07, 6.45) is 0.311. The maximum Gasteiger partial charge on any atom is 0.394 e. The molecule has 39 heavy (non-hydrogen) atoms. The van der Waals surface area contributed by atoms with E-state index in [-0.39, 0.29) is 17.1 Å². The Bertz CT molecular complexity index is 1480. The third-order valence-electron chi connectivity index (χ3n) is 6.84. The van der Waals surface area contributed by atoms with E-state index in [0.717, 1.165) is 21.8 Å². The van der Waals surface area contributed by atoms with Crippen LogP contribution in [-0.4, -0.2) is 69.9 Å². The summed E-state index contributed by atoms with van der Waals surface area (Å²) in [7, 11) is 1.57. The highest BCUT2D eigenvalue weighted by atomic mass is 32.1. The number of thiophene rings is 1. The normalized spacial score (nSPS) is 16.5. The number of amides is 3. The number of rotatable bonds is 7. The molecule has 0 radical (unpaired) electrons. The molecule has 2 aliphatic heterocycles. The third-order valence-corrected chi connectivity index (χ3v) is 8.09. The average molecular weight is 550 g/mol. The van der Waals surface area contributed by atoms with Crippen LogP contribution < -0.4 is 10.1 Å². The fourth-order valence-electron chi connectivity index (χ4n) is 4.98. The maximum absolute atomic E-state index is 13.2. The Morgan fingerprint density at radius 2 is 1.67 bits per heavy atom. The van der Waals surface area contributed by atoms with E-state index in [0.29, 0.717) is 46.8 Å². The number of anilines is 1. The van der Waals surface area contributed by atoms with Crippen LogP contribution in [0.3, 0.4) is 0 Å². The van der Waals surface area contributed by atoms with Crippen LogP contribution in [0.25, 0.3) is 0 Å². The largest absolute Gasteiger partial charge is 0.497 e. The maximum atomic E-state index is 13.2. The number of nitrogens with one attached hydrogen (secondary N) is 1. The molecule has 1 aromatic heterocycles. The van der Waals surface area contributed by atoms with Crippen LogP contribution >= 0.6 is 11.3 Å². The monoisotopic (exact) mass is 549 g/mol. The van der Waals surface area contributed by atoms with Crippen molar-refractivity contribution in [2.75, 3.05) is 25.5 Å². The predicted molar refractivity (Wildman–Crippen MR) is 139 cm³/mol. The zero-order valence-corrected chi connectivity index (χ0v) is 21.5. The fraction of sp³-hybridized carbons (Fsp3) is 0.222. The smallest absolute Gasteiger partial charge is 0.394 e. The predicted octanol–water partition coefficient (Wildman–Crippen LogP) is 2.87. The van der Waals surface area contributed by atoms with E-state index in [9.17, 15) is 29.1 Å². The van der Waals surface area contributed by atoms with Crippen molar-refractivity contribution in [3.8, 4) is 5.75 Å². The van der Waals surface area contributed by atoms with Gasteiger partial charge in [0.2, 0.25) is 0 Å². The Balaban J connectivity index is 1.55. The first kappa shape index (κ1) is 26.1. The molecule has 2 aromatic carbocycles. The molecule has 0 bridgehead atoms. The van der Waals surface area contributed by atoms with E-state index in [1.165, 1.54) is 0 Å². The average Bonchev–Trinajstić information content (AvgIpc) is 3.41. The summed E-state index contributed by atoms with van der Waals surface area (Å²) in [5.74, 6) is -4.62. The number of carbonyl (C=O) groups excluding carboxylic acids is 3. The Morgan fingerprint density at radius 3 is 2.23 bits per heavy atom. The van der Waals surface area contributed by atoms with Crippen LogP contribution in [-0.2, 0) is 22.6 Å². The highest BCUT2D eigenvalue weighted by molar-refractivity contribution is 7.17. The summed E-state index contributed by atoms with van der Waals surface area (Å²) < 4.78 is 5.23. The second-order valence-corrected chi connectivity index (χ2v) is 10.1. The number of imide groups is 1. The molecule has 3 heterocycles. The van der Waals surface area contributed by atoms with Crippen LogP contribution in [0.4, 0.5) is 5.00 Å². The highest BCUT2D eigenvalue weighted by Crippen LogP contribution is 2.44. The fourth-order valence-corrected chi connectivity index (χ4v) is 6.34. The van der Waals surface area contributed by atoms with Crippen molar-refractivity contribution < 1.29 is 38.9 Å². The summed E-state index contributed by atoms with van der Waals surface area (Å²) in [6.45, 7) is 0.770. The number of fused-ring (bicyclic) bond motifs is 2. The number of carboxylic acid groups (broad SMARTS) is 2. The molecule has 0 spiro atoms. The number of hydrogen-bond acceptors (Lipinski definition) is 8. The number of aliphatic carboxylic acids is 1. The quantitative estimate of drug-likeness (QED) is 0.298. The van der Waals surface area contributed by atoms with Gasteiger partial charge >= 0.3 is 17.8 Å². The Hall–Kier alpha value is -4.55. The van der Waals surface area contributed by atoms with Gasteiger partial charge in [0, 0.05) is 24.5 Å². The molecule has 3 aromatic rings. The second kappa shape index (κ2) is 10.3. The molecule has 3 N–H and O–H groups in total. The zero-order chi connectivity index (χ0) is 27.8. The lowest BCUT2D eigenvalue weighted by Crippen LogP contribution is -2.43. The van der Waals surface area contributed by atoms with Crippen molar-refractivity contribution in [2.24, 2.45) is 0 Å². The van der Waals surface area contributed by atoms with Gasteiger partial charge in [0.15, 0.2) is 0 Å². The minimum absolute atomic E-state index is 0.0542. The van der Waals surface area contributed by atoms with Crippen LogP contribution in [0.2, 0.25) is 0 Å². The van der Waals surface area contributed by atoms with E-state index >= 15 is 0 Å². The lowest BCUT2D eigenvalue weighted by molar-refractivity contribution is -0.147. The van der Waals surface area contributed by atoms with Gasteiger partial charge in [-0.3, -0.25) is 24.2 Å². The van der Waals surface area contributed by atoms with Crippen LogP contribution in [0.5, 0.6) is 5.75 Å². The molecule has 200 valence electrons. The molecule has 1 atom stereocenters. The minimum atomic E-state index is -1.75. The molecule has 12 heteroatoms. The second-order valence-electron chi connectivity index (χ2n) is 9.06. The summed E-state index contributed by atoms with van der Waals surface area (Å²) in [5.41, 5.74) is 1.79. The molecule has 2 aliphatic rings. The van der Waals surface area contributed by atoms with E-state index in [4.69, 9.17) is 9.84 Å². The van der Waals surface area contributed by atoms with Gasteiger partial charge in [0.05, 0.1) is 29.8 Å². The third kappa shape index (κ3) is 4.75. The molecular formula is C27H23N3O8S. The van der Waals surface area contributed by atoms with Gasteiger partial charge in [-0.1, -0.05) is 24.3 Å². The molecule has 0 aliphatic carbocycles. The van der Waals surface area contributed by atoms with Gasteiger partial charge in [-0.2, -0.15) is 0 Å². The molecule has 0 fully saturated rings. The van der Waals surface area contributed by atoms with E-state index in [2.05, 4.69) is 5.32 Å². The molecule has 1 unspecified atom stereocenters. The molecule has 5 rings (SSSR count). The first-order chi connectivity index (χ1) is 18.7. The number of nitrogens with zero attached hydrogens (tertiary/aromatic N) is 2. The van der Waals surface area contributed by atoms with Gasteiger partial charge in [-0.25, -0.2) is 9.59 Å². The molecular weight excluding hydrogens is 526 g/mol. The topological polar surface area (TPSA) is 154 Å². The standard InChI is InChI=1S/C27H23N3O8S/c1-38-15-8-6-14(7-9-15)12-29-11-10-18-20(26(34)35)23(28-22(31)27(36)37)39-21(18)19(29)13-30-24(32)16-4-2-3-5-17(16)25(30)33/h2-9,19H,10-13H2,1H3,(H,28,31)(H,34,35)(H,36,37). The number of aromatic carboxylic acids is 1. The van der Waals surface area contributed by atoms with Gasteiger partial charge in [0.25, 0.3) is 11.8 Å². The zero-order valence-electron chi connectivity index (χ0n) is 20.7. The number of hydrogen-bond donors (Lipinski definition) is 3. The molecule has 0 saturated carbocycles. The van der Waals surface area contributed by atoms with E-state index < -0.39 is 35.7 Å². The van der Waals surface area contributed by atoms with Crippen molar-refractivity contribution >= 4 is 46.0 Å². The molecule has 3 amide bonds. The Kier molecular flexibility index (Phi) is 6.89. The Morgan fingerprint density at radius 1 is 1.03 bits per heavy atom. The van der Waals surface area contributed by atoms with Crippen LogP contribution in [0.15, 0.2) is 48.5 Å². The summed E-state index contributed by atoms with van der Waals surface area (Å²) in [5, 5.41) is 21.1. The number of methoxy groups -OCH3 is 1. The van der Waals surface area contributed by atoms with Crippen molar-refractivity contribution in [1.29, 1.82) is 0 Å². The Labute approximate surface area is 226 Å². The first-order valence-corrected chi connectivity index (χ1v) is 12.8. The van der Waals surface area contributed by atoms with Gasteiger partial charge in [-0.15, -0.1) is 11.3 Å². The van der Waals surface area contributed by atoms with Crippen molar-refractivity contribution in [1.82, 2.24) is 9.80 Å². The summed E-state index contributed by atoms with van der Waals surface area (Å²) in [4.78, 5) is 65.4. The summed E-state index contributed by atoms with van der Waals surface area (Å²) >= 11 is 0.947. The SMILES string of the molecule is COc1ccc(CN2CCc3c(sc(NC(=O)C(=O)O)c3C(=O)O)C2CN2C(=O)c3ccccc3C2=O)cc1. The first-order valence-electron chi connectivity index (χ1n) is 11.9. The van der Waals surface area contributed by atoms with Gasteiger partial charge < -0.3 is 20.3 Å². The summed E-state index contributed by atoms with van der Waals surface area (Å²) in [6, 6.07) is 13.3. The molecule has 0 saturated heterocycles. The van der Waals surface area contributed by atoms with Crippen molar-refractivity contribution in [3.05, 3.63) is 81.2 Å². The number of ether oxygens (including phenoxy) is 1. The van der Waals surface area contributed by atoms with Crippen LogP contribution in [0.1, 0.15) is 53.1 Å². The lowest BCUT2D eigenvalue weighted by atomic mass is 9.96. The van der Waals surface area contributed by atoms with Crippen molar-refractivity contribution in [2.45, 2.75) is 19.0 Å². The molecule has 11 nitrogen and oxygen atoms in total. The van der Waals surface area contributed by atoms with E-state index in [1.807, 2.05) is 29.2 Å². The number of carbonyl (C=O) groups is 5. The van der Waals surface area contributed by atoms with Gasteiger partial charge in [0.1, 0.15) is 10.8 Å². The van der Waals surface area contributed by atoms with E-state index in [1.54, 1.807) is 31.4 Å². The minimum Gasteiger partial charge on any atom is -0.497 e. The van der Waals surface area contributed by atoms with Crippen molar-refractivity contribution in [3.63, 3.8) is 0 Å². The number of carboxylic acids is 2. The van der Waals surface area contributed by atoms with Crippen LogP contribution in [0, 0.1) is 0 Å². The lowest BCUT2D eigenvalue weighted by Gasteiger charge is -2.37. The highest BCUT2D eigenvalue weighted by Gasteiger charge is 2.41. The number of benzene rings is 2.